The maximum absolute atomic E-state index is 13.0. The summed E-state index contributed by atoms with van der Waals surface area (Å²) in [5.74, 6) is -0.284. The summed E-state index contributed by atoms with van der Waals surface area (Å²) >= 11 is 0. The lowest BCUT2D eigenvalue weighted by Gasteiger charge is -2.12. The number of alkyl halides is 3. The Morgan fingerprint density at radius 2 is 1.71 bits per heavy atom. The van der Waals surface area contributed by atoms with Crippen molar-refractivity contribution in [3.05, 3.63) is 59.9 Å². The number of nitrogens with zero attached hydrogens (tertiary/aromatic N) is 2. The molecule has 4 nitrogen and oxygen atoms in total. The van der Waals surface area contributed by atoms with Crippen molar-refractivity contribution in [2.45, 2.75) is 12.7 Å². The summed E-state index contributed by atoms with van der Waals surface area (Å²) in [5, 5.41) is 3.50. The second-order valence-corrected chi connectivity index (χ2v) is 5.11. The molecule has 3 aromatic rings. The van der Waals surface area contributed by atoms with Gasteiger partial charge in [0, 0.05) is 11.9 Å². The van der Waals surface area contributed by atoms with Crippen molar-refractivity contribution in [1.82, 2.24) is 9.97 Å². The van der Waals surface area contributed by atoms with Crippen LogP contribution in [0.25, 0.3) is 10.9 Å². The molecule has 0 saturated carbocycles. The van der Waals surface area contributed by atoms with Crippen LogP contribution in [0.2, 0.25) is 0 Å². The first-order valence-electron chi connectivity index (χ1n) is 7.18. The van der Waals surface area contributed by atoms with Crippen LogP contribution in [0.4, 0.5) is 19.0 Å². The predicted octanol–water partition coefficient (Wildman–Crippen LogP) is 4.27. The Bertz CT molecular complexity index is 848. The van der Waals surface area contributed by atoms with Gasteiger partial charge in [0.25, 0.3) is 0 Å². The highest BCUT2D eigenvalue weighted by molar-refractivity contribution is 5.89. The molecule has 0 atom stereocenters. The molecule has 0 bridgehead atoms. The summed E-state index contributed by atoms with van der Waals surface area (Å²) in [5.41, 5.74) is 1.14. The van der Waals surface area contributed by atoms with Crippen molar-refractivity contribution in [2.24, 2.45) is 0 Å². The van der Waals surface area contributed by atoms with Crippen LogP contribution >= 0.6 is 0 Å². The average Bonchev–Trinajstić information content (AvgIpc) is 2.59. The van der Waals surface area contributed by atoms with E-state index < -0.39 is 12.0 Å². The van der Waals surface area contributed by atoms with Gasteiger partial charge >= 0.3 is 6.18 Å². The van der Waals surface area contributed by atoms with Crippen molar-refractivity contribution in [2.75, 3.05) is 12.4 Å². The molecule has 124 valence electrons. The maximum Gasteiger partial charge on any atom is 0.451 e. The summed E-state index contributed by atoms with van der Waals surface area (Å²) in [6.45, 7) is 0.336. The van der Waals surface area contributed by atoms with E-state index in [0.717, 1.165) is 5.56 Å². The molecule has 7 heteroatoms. The molecule has 2 aromatic carbocycles. The van der Waals surface area contributed by atoms with E-state index in [-0.39, 0.29) is 11.3 Å². The number of rotatable bonds is 4. The Kier molecular flexibility index (Phi) is 4.24. The van der Waals surface area contributed by atoms with Crippen LogP contribution in [0.3, 0.4) is 0 Å². The van der Waals surface area contributed by atoms with E-state index in [4.69, 9.17) is 4.74 Å². The number of benzene rings is 2. The SMILES string of the molecule is COc1ccc(CNc2nc(C(F)(F)F)nc3ccccc23)cc1. The second-order valence-electron chi connectivity index (χ2n) is 5.11. The Labute approximate surface area is 136 Å². The molecule has 0 aliphatic heterocycles. The van der Waals surface area contributed by atoms with Gasteiger partial charge in [-0.3, -0.25) is 0 Å². The van der Waals surface area contributed by atoms with Crippen LogP contribution in [0.5, 0.6) is 5.75 Å². The first-order valence-corrected chi connectivity index (χ1v) is 7.18. The lowest BCUT2D eigenvalue weighted by Crippen LogP contribution is -2.13. The number of aromatic nitrogens is 2. The van der Waals surface area contributed by atoms with E-state index in [0.29, 0.717) is 17.7 Å². The van der Waals surface area contributed by atoms with Crippen molar-refractivity contribution in [3.8, 4) is 5.75 Å². The zero-order valence-corrected chi connectivity index (χ0v) is 12.8. The fraction of sp³-hybridized carbons (Fsp3) is 0.176. The third kappa shape index (κ3) is 3.40. The van der Waals surface area contributed by atoms with Gasteiger partial charge < -0.3 is 10.1 Å². The van der Waals surface area contributed by atoms with E-state index in [1.54, 1.807) is 37.4 Å². The van der Waals surface area contributed by atoms with E-state index >= 15 is 0 Å². The molecule has 1 N–H and O–H groups in total. The Hall–Kier alpha value is -2.83. The summed E-state index contributed by atoms with van der Waals surface area (Å²) < 4.78 is 44.0. The third-order valence-electron chi connectivity index (χ3n) is 3.48. The van der Waals surface area contributed by atoms with Crippen molar-refractivity contribution in [3.63, 3.8) is 0 Å². The number of halogens is 3. The number of nitrogens with one attached hydrogen (secondary N) is 1. The molecule has 0 fully saturated rings. The minimum Gasteiger partial charge on any atom is -0.497 e. The Morgan fingerprint density at radius 3 is 2.38 bits per heavy atom. The van der Waals surface area contributed by atoms with Crippen molar-refractivity contribution < 1.29 is 17.9 Å². The van der Waals surface area contributed by atoms with Gasteiger partial charge in [0.1, 0.15) is 11.6 Å². The van der Waals surface area contributed by atoms with Gasteiger partial charge in [-0.1, -0.05) is 24.3 Å². The van der Waals surface area contributed by atoms with Gasteiger partial charge in [-0.05, 0) is 29.8 Å². The van der Waals surface area contributed by atoms with E-state index in [1.165, 1.54) is 6.07 Å². The molecule has 0 unspecified atom stereocenters. The quantitative estimate of drug-likeness (QED) is 0.774. The fourth-order valence-electron chi connectivity index (χ4n) is 2.27. The third-order valence-corrected chi connectivity index (χ3v) is 3.48. The predicted molar refractivity (Wildman–Crippen MR) is 84.9 cm³/mol. The summed E-state index contributed by atoms with van der Waals surface area (Å²) in [4.78, 5) is 7.24. The van der Waals surface area contributed by atoms with Gasteiger partial charge in [0.15, 0.2) is 0 Å². The summed E-state index contributed by atoms with van der Waals surface area (Å²) in [7, 11) is 1.57. The molecular weight excluding hydrogens is 319 g/mol. The molecule has 24 heavy (non-hydrogen) atoms. The topological polar surface area (TPSA) is 47.0 Å². The van der Waals surface area contributed by atoms with E-state index in [2.05, 4.69) is 15.3 Å². The highest BCUT2D eigenvalue weighted by Crippen LogP contribution is 2.30. The molecular formula is C17H14F3N3O. The monoisotopic (exact) mass is 333 g/mol. The summed E-state index contributed by atoms with van der Waals surface area (Å²) in [6.07, 6.45) is -4.60. The molecule has 0 radical (unpaired) electrons. The van der Waals surface area contributed by atoms with Gasteiger partial charge in [0.2, 0.25) is 5.82 Å². The minimum absolute atomic E-state index is 0.156. The number of para-hydroxylation sites is 1. The van der Waals surface area contributed by atoms with Crippen LogP contribution in [-0.4, -0.2) is 17.1 Å². The lowest BCUT2D eigenvalue weighted by atomic mass is 10.2. The molecule has 3 rings (SSSR count). The van der Waals surface area contributed by atoms with Crippen molar-refractivity contribution >= 4 is 16.7 Å². The molecule has 0 amide bonds. The van der Waals surface area contributed by atoms with Gasteiger partial charge in [-0.15, -0.1) is 0 Å². The van der Waals surface area contributed by atoms with Crippen LogP contribution in [-0.2, 0) is 12.7 Å². The molecule has 1 aromatic heterocycles. The highest BCUT2D eigenvalue weighted by atomic mass is 19.4. The minimum atomic E-state index is -4.60. The molecule has 1 heterocycles. The smallest absolute Gasteiger partial charge is 0.451 e. The highest BCUT2D eigenvalue weighted by Gasteiger charge is 2.35. The number of ether oxygens (including phenoxy) is 1. The second kappa shape index (κ2) is 6.35. The normalized spacial score (nSPS) is 11.5. The maximum atomic E-state index is 13.0. The lowest BCUT2D eigenvalue weighted by molar-refractivity contribution is -0.144. The van der Waals surface area contributed by atoms with Gasteiger partial charge in [-0.25, -0.2) is 9.97 Å². The number of hydrogen-bond donors (Lipinski definition) is 1. The van der Waals surface area contributed by atoms with Crippen LogP contribution in [0.1, 0.15) is 11.4 Å². The Balaban J connectivity index is 1.92. The van der Waals surface area contributed by atoms with Crippen LogP contribution in [0, 0.1) is 0 Å². The molecule has 0 aliphatic rings. The average molecular weight is 333 g/mol. The molecule has 0 saturated heterocycles. The molecule has 0 aliphatic carbocycles. The number of methoxy groups -OCH3 is 1. The first-order chi connectivity index (χ1) is 11.5. The van der Waals surface area contributed by atoms with Crippen LogP contribution < -0.4 is 10.1 Å². The largest absolute Gasteiger partial charge is 0.497 e. The fourth-order valence-corrected chi connectivity index (χ4v) is 2.27. The van der Waals surface area contributed by atoms with Gasteiger partial charge in [-0.2, -0.15) is 13.2 Å². The zero-order valence-electron chi connectivity index (χ0n) is 12.8. The number of anilines is 1. The summed E-state index contributed by atoms with van der Waals surface area (Å²) in [6, 6.07) is 13.8. The van der Waals surface area contributed by atoms with Gasteiger partial charge in [0.05, 0.1) is 12.6 Å². The Morgan fingerprint density at radius 1 is 1.00 bits per heavy atom. The van der Waals surface area contributed by atoms with Crippen molar-refractivity contribution in [1.29, 1.82) is 0 Å². The van der Waals surface area contributed by atoms with Crippen LogP contribution in [0.15, 0.2) is 48.5 Å². The molecule has 0 spiro atoms. The van der Waals surface area contributed by atoms with E-state index in [9.17, 15) is 13.2 Å². The number of fused-ring (bicyclic) bond motifs is 1. The first kappa shape index (κ1) is 16.0. The number of hydrogen-bond acceptors (Lipinski definition) is 4. The standard InChI is InChI=1S/C17H14F3N3O/c1-24-12-8-6-11(7-9-12)10-21-15-13-4-2-3-5-14(13)22-16(23-15)17(18,19)20/h2-9H,10H2,1H3,(H,21,22,23). The zero-order chi connectivity index (χ0) is 17.2. The van der Waals surface area contributed by atoms with E-state index in [1.807, 2.05) is 12.1 Å².